The predicted octanol–water partition coefficient (Wildman–Crippen LogP) is 4.67. The lowest BCUT2D eigenvalue weighted by atomic mass is 10.2. The Kier molecular flexibility index (Phi) is 5.52. The third-order valence-electron chi connectivity index (χ3n) is 4.76. The molecule has 142 valence electrons. The van der Waals surface area contributed by atoms with Gasteiger partial charge in [0.15, 0.2) is 11.0 Å². The minimum atomic E-state index is 0.200. The van der Waals surface area contributed by atoms with E-state index < -0.39 is 0 Å². The Bertz CT molecular complexity index is 897. The second kappa shape index (κ2) is 8.04. The number of hydrogen-bond donors (Lipinski definition) is 0. The second-order valence-electron chi connectivity index (χ2n) is 6.65. The molecule has 1 fully saturated rings. The van der Waals surface area contributed by atoms with Gasteiger partial charge >= 0.3 is 0 Å². The Morgan fingerprint density at radius 1 is 1.22 bits per heavy atom. The molecule has 0 bridgehead atoms. The molecule has 3 aromatic rings. The van der Waals surface area contributed by atoms with Gasteiger partial charge in [-0.2, -0.15) is 0 Å². The fourth-order valence-corrected chi connectivity index (χ4v) is 4.44. The number of hydrogen-bond acceptors (Lipinski definition) is 6. The SMILES string of the molecule is Cc1noc(C)c1CSc1nnc(-c2ccc(Cl)cc2)n1C[C@@H]1CCCO1. The molecule has 4 rings (SSSR count). The van der Waals surface area contributed by atoms with E-state index >= 15 is 0 Å². The third-order valence-corrected chi connectivity index (χ3v) is 6.00. The van der Waals surface area contributed by atoms with Gasteiger partial charge in [-0.1, -0.05) is 28.5 Å². The summed E-state index contributed by atoms with van der Waals surface area (Å²) in [5.74, 6) is 2.43. The van der Waals surface area contributed by atoms with Gasteiger partial charge < -0.3 is 9.26 Å². The molecule has 0 amide bonds. The van der Waals surface area contributed by atoms with Crippen molar-refractivity contribution in [3.05, 3.63) is 46.3 Å². The molecule has 8 heteroatoms. The molecule has 0 N–H and O–H groups in total. The van der Waals surface area contributed by atoms with Crippen LogP contribution in [0.4, 0.5) is 0 Å². The summed E-state index contributed by atoms with van der Waals surface area (Å²) in [4.78, 5) is 0. The second-order valence-corrected chi connectivity index (χ2v) is 8.03. The number of aromatic nitrogens is 4. The van der Waals surface area contributed by atoms with E-state index in [2.05, 4.69) is 19.9 Å². The molecule has 1 aliphatic rings. The van der Waals surface area contributed by atoms with Gasteiger partial charge in [0.25, 0.3) is 0 Å². The molecule has 1 atom stereocenters. The molecule has 2 aromatic heterocycles. The van der Waals surface area contributed by atoms with Crippen LogP contribution in [-0.4, -0.2) is 32.6 Å². The van der Waals surface area contributed by atoms with E-state index in [0.717, 1.165) is 65.3 Å². The highest BCUT2D eigenvalue weighted by atomic mass is 35.5. The number of aryl methyl sites for hydroxylation is 2. The average Bonchev–Trinajstić information content (AvgIpc) is 3.38. The van der Waals surface area contributed by atoms with Crippen LogP contribution in [0.2, 0.25) is 5.02 Å². The van der Waals surface area contributed by atoms with Crippen LogP contribution < -0.4 is 0 Å². The van der Waals surface area contributed by atoms with E-state index in [-0.39, 0.29) is 6.10 Å². The van der Waals surface area contributed by atoms with Crippen LogP contribution in [0.3, 0.4) is 0 Å². The lowest BCUT2D eigenvalue weighted by Gasteiger charge is -2.14. The molecule has 1 aliphatic heterocycles. The van der Waals surface area contributed by atoms with Crippen molar-refractivity contribution < 1.29 is 9.26 Å². The number of ether oxygens (including phenoxy) is 1. The third kappa shape index (κ3) is 4.05. The van der Waals surface area contributed by atoms with E-state index in [0.29, 0.717) is 5.02 Å². The van der Waals surface area contributed by atoms with Gasteiger partial charge in [-0.05, 0) is 51.0 Å². The van der Waals surface area contributed by atoms with Crippen molar-refractivity contribution in [2.24, 2.45) is 0 Å². The summed E-state index contributed by atoms with van der Waals surface area (Å²) in [6.45, 7) is 5.47. The van der Waals surface area contributed by atoms with Crippen LogP contribution in [0.15, 0.2) is 33.9 Å². The summed E-state index contributed by atoms with van der Waals surface area (Å²) in [6, 6.07) is 7.69. The number of thioether (sulfide) groups is 1. The molecular formula is C19H21ClN4O2S. The van der Waals surface area contributed by atoms with Crippen LogP contribution in [0.25, 0.3) is 11.4 Å². The Hall–Kier alpha value is -1.83. The predicted molar refractivity (Wildman–Crippen MR) is 105 cm³/mol. The van der Waals surface area contributed by atoms with E-state index in [9.17, 15) is 0 Å². The van der Waals surface area contributed by atoms with Gasteiger partial charge in [-0.25, -0.2) is 0 Å². The highest BCUT2D eigenvalue weighted by Gasteiger charge is 2.22. The first-order valence-electron chi connectivity index (χ1n) is 8.97. The largest absolute Gasteiger partial charge is 0.376 e. The normalized spacial score (nSPS) is 16.9. The lowest BCUT2D eigenvalue weighted by molar-refractivity contribution is 0.0953. The molecule has 0 unspecified atom stereocenters. The van der Waals surface area contributed by atoms with E-state index in [1.165, 1.54) is 0 Å². The van der Waals surface area contributed by atoms with Crippen LogP contribution in [0.5, 0.6) is 0 Å². The monoisotopic (exact) mass is 404 g/mol. The fourth-order valence-electron chi connectivity index (χ4n) is 3.21. The van der Waals surface area contributed by atoms with Gasteiger partial charge in [0, 0.05) is 28.5 Å². The van der Waals surface area contributed by atoms with Crippen LogP contribution in [0, 0.1) is 13.8 Å². The Balaban J connectivity index is 1.62. The zero-order valence-electron chi connectivity index (χ0n) is 15.3. The molecule has 0 saturated carbocycles. The Morgan fingerprint density at radius 3 is 2.70 bits per heavy atom. The summed E-state index contributed by atoms with van der Waals surface area (Å²) < 4.78 is 13.3. The molecule has 0 aliphatic carbocycles. The first-order valence-corrected chi connectivity index (χ1v) is 10.3. The lowest BCUT2D eigenvalue weighted by Crippen LogP contribution is -2.16. The topological polar surface area (TPSA) is 66.0 Å². The van der Waals surface area contributed by atoms with E-state index in [1.54, 1.807) is 11.8 Å². The molecule has 3 heterocycles. The summed E-state index contributed by atoms with van der Waals surface area (Å²) in [5, 5.41) is 14.5. The van der Waals surface area contributed by atoms with Crippen molar-refractivity contribution in [1.29, 1.82) is 0 Å². The smallest absolute Gasteiger partial charge is 0.191 e. The van der Waals surface area contributed by atoms with Gasteiger partial charge in [0.1, 0.15) is 5.76 Å². The van der Waals surface area contributed by atoms with Crippen molar-refractivity contribution in [2.45, 2.75) is 50.2 Å². The van der Waals surface area contributed by atoms with E-state index in [4.69, 9.17) is 20.9 Å². The van der Waals surface area contributed by atoms with Crippen LogP contribution in [0.1, 0.15) is 29.9 Å². The maximum Gasteiger partial charge on any atom is 0.191 e. The van der Waals surface area contributed by atoms with Crippen molar-refractivity contribution >= 4 is 23.4 Å². The van der Waals surface area contributed by atoms with Gasteiger partial charge in [0.05, 0.1) is 18.3 Å². The summed E-state index contributed by atoms with van der Waals surface area (Å²) >= 11 is 7.68. The maximum atomic E-state index is 6.04. The maximum absolute atomic E-state index is 6.04. The molecule has 0 radical (unpaired) electrons. The molecule has 1 saturated heterocycles. The highest BCUT2D eigenvalue weighted by molar-refractivity contribution is 7.98. The number of nitrogens with zero attached hydrogens (tertiary/aromatic N) is 4. The minimum Gasteiger partial charge on any atom is -0.376 e. The van der Waals surface area contributed by atoms with Crippen molar-refractivity contribution in [3.63, 3.8) is 0 Å². The first kappa shape index (κ1) is 18.5. The van der Waals surface area contributed by atoms with Crippen molar-refractivity contribution in [2.75, 3.05) is 6.61 Å². The average molecular weight is 405 g/mol. The zero-order chi connectivity index (χ0) is 18.8. The molecular weight excluding hydrogens is 384 g/mol. The van der Waals surface area contributed by atoms with Crippen LogP contribution in [-0.2, 0) is 17.0 Å². The highest BCUT2D eigenvalue weighted by Crippen LogP contribution is 2.30. The minimum absolute atomic E-state index is 0.200. The number of halogens is 1. The molecule has 1 aromatic carbocycles. The summed E-state index contributed by atoms with van der Waals surface area (Å²) in [7, 11) is 0. The number of benzene rings is 1. The van der Waals surface area contributed by atoms with Gasteiger partial charge in [-0.15, -0.1) is 10.2 Å². The fraction of sp³-hybridized carbons (Fsp3) is 0.421. The quantitative estimate of drug-likeness (QED) is 0.556. The zero-order valence-corrected chi connectivity index (χ0v) is 16.9. The molecule has 6 nitrogen and oxygen atoms in total. The summed E-state index contributed by atoms with van der Waals surface area (Å²) in [6.07, 6.45) is 2.36. The van der Waals surface area contributed by atoms with Gasteiger partial charge in [0.2, 0.25) is 0 Å². The van der Waals surface area contributed by atoms with Crippen molar-refractivity contribution in [3.8, 4) is 11.4 Å². The van der Waals surface area contributed by atoms with Crippen molar-refractivity contribution in [1.82, 2.24) is 19.9 Å². The first-order chi connectivity index (χ1) is 13.1. The standard InChI is InChI=1S/C19H21ClN4O2S/c1-12-17(13(2)26-23-12)11-27-19-22-21-18(14-5-7-15(20)8-6-14)24(19)10-16-4-3-9-25-16/h5-8,16H,3-4,9-11H2,1-2H3/t16-/m0/s1. The Morgan fingerprint density at radius 2 is 2.04 bits per heavy atom. The number of rotatable bonds is 6. The summed E-state index contributed by atoms with van der Waals surface area (Å²) in [5.41, 5.74) is 3.02. The van der Waals surface area contributed by atoms with E-state index in [1.807, 2.05) is 38.1 Å². The molecule has 0 spiro atoms. The molecule has 27 heavy (non-hydrogen) atoms. The van der Waals surface area contributed by atoms with Crippen LogP contribution >= 0.6 is 23.4 Å². The Labute approximate surface area is 167 Å². The van der Waals surface area contributed by atoms with Gasteiger partial charge in [-0.3, -0.25) is 4.57 Å².